The van der Waals surface area contributed by atoms with Gasteiger partial charge in [-0.2, -0.15) is 0 Å². The zero-order chi connectivity index (χ0) is 13.3. The standard InChI is InChI=1S/C13H22N4O/c1-5-6-8-7-9(8)14-11(18)10-15-12(17-16-10)13(2,3)4/h8-9H,5-7H2,1-4H3,(H,14,18)(H,15,16,17). The van der Waals surface area contributed by atoms with Gasteiger partial charge in [-0.15, -0.1) is 5.10 Å². The summed E-state index contributed by atoms with van der Waals surface area (Å²) in [6.45, 7) is 8.27. The van der Waals surface area contributed by atoms with Crippen LogP contribution in [0, 0.1) is 5.92 Å². The maximum absolute atomic E-state index is 11.9. The molecule has 2 unspecified atom stereocenters. The van der Waals surface area contributed by atoms with E-state index in [4.69, 9.17) is 0 Å². The topological polar surface area (TPSA) is 70.7 Å². The summed E-state index contributed by atoms with van der Waals surface area (Å²) in [6, 6.07) is 0.328. The molecular weight excluding hydrogens is 228 g/mol. The normalized spacial score (nSPS) is 22.9. The van der Waals surface area contributed by atoms with E-state index in [1.165, 1.54) is 12.8 Å². The zero-order valence-corrected chi connectivity index (χ0v) is 11.6. The maximum atomic E-state index is 11.9. The molecule has 0 saturated heterocycles. The molecule has 0 radical (unpaired) electrons. The van der Waals surface area contributed by atoms with Gasteiger partial charge in [0.1, 0.15) is 5.82 Å². The number of hydrogen-bond acceptors (Lipinski definition) is 3. The smallest absolute Gasteiger partial charge is 0.291 e. The quantitative estimate of drug-likeness (QED) is 0.858. The summed E-state index contributed by atoms with van der Waals surface area (Å²) in [6.07, 6.45) is 3.45. The lowest BCUT2D eigenvalue weighted by atomic mass is 9.96. The van der Waals surface area contributed by atoms with Crippen LogP contribution in [0.2, 0.25) is 0 Å². The molecule has 0 aliphatic heterocycles. The Kier molecular flexibility index (Phi) is 3.41. The summed E-state index contributed by atoms with van der Waals surface area (Å²) in [5.74, 6) is 1.49. The Bertz CT molecular complexity index is 432. The lowest BCUT2D eigenvalue weighted by Gasteiger charge is -2.12. The summed E-state index contributed by atoms with van der Waals surface area (Å²) in [5, 5.41) is 9.81. The second-order valence-electron chi connectivity index (χ2n) is 6.12. The van der Waals surface area contributed by atoms with Crippen molar-refractivity contribution in [3.8, 4) is 0 Å². The Morgan fingerprint density at radius 2 is 2.22 bits per heavy atom. The SMILES string of the molecule is CCCC1CC1NC(=O)c1n[nH]c(C(C)(C)C)n1. The van der Waals surface area contributed by atoms with Gasteiger partial charge in [-0.1, -0.05) is 34.1 Å². The largest absolute Gasteiger partial charge is 0.346 e. The summed E-state index contributed by atoms with van der Waals surface area (Å²) in [7, 11) is 0. The highest BCUT2D eigenvalue weighted by molar-refractivity contribution is 5.90. The molecule has 0 spiro atoms. The molecule has 1 heterocycles. The highest BCUT2D eigenvalue weighted by Crippen LogP contribution is 2.34. The van der Waals surface area contributed by atoms with Gasteiger partial charge in [-0.3, -0.25) is 9.89 Å². The molecule has 1 aromatic rings. The highest BCUT2D eigenvalue weighted by Gasteiger charge is 2.38. The van der Waals surface area contributed by atoms with Crippen molar-refractivity contribution >= 4 is 5.91 Å². The number of amides is 1. The number of aromatic amines is 1. The summed E-state index contributed by atoms with van der Waals surface area (Å²) >= 11 is 0. The van der Waals surface area contributed by atoms with Crippen LogP contribution in [0.4, 0.5) is 0 Å². The lowest BCUT2D eigenvalue weighted by Crippen LogP contribution is -2.28. The molecule has 2 atom stereocenters. The highest BCUT2D eigenvalue weighted by atomic mass is 16.2. The van der Waals surface area contributed by atoms with Crippen LogP contribution >= 0.6 is 0 Å². The van der Waals surface area contributed by atoms with Crippen LogP contribution in [0.1, 0.15) is 63.4 Å². The van der Waals surface area contributed by atoms with Crippen molar-refractivity contribution in [2.24, 2.45) is 5.92 Å². The number of hydrogen-bond donors (Lipinski definition) is 2. The Hall–Kier alpha value is -1.39. The van der Waals surface area contributed by atoms with E-state index >= 15 is 0 Å². The fourth-order valence-corrected chi connectivity index (χ4v) is 2.05. The fraction of sp³-hybridized carbons (Fsp3) is 0.769. The van der Waals surface area contributed by atoms with Gasteiger partial charge in [-0.05, 0) is 18.8 Å². The van der Waals surface area contributed by atoms with Gasteiger partial charge < -0.3 is 5.32 Å². The molecule has 1 aliphatic carbocycles. The second-order valence-corrected chi connectivity index (χ2v) is 6.12. The predicted molar refractivity (Wildman–Crippen MR) is 69.4 cm³/mol. The molecule has 2 rings (SSSR count). The van der Waals surface area contributed by atoms with E-state index in [1.54, 1.807) is 0 Å². The van der Waals surface area contributed by atoms with Crippen LogP contribution in [0.25, 0.3) is 0 Å². The van der Waals surface area contributed by atoms with Gasteiger partial charge in [0, 0.05) is 11.5 Å². The molecule has 0 bridgehead atoms. The number of nitrogens with one attached hydrogen (secondary N) is 2. The minimum absolute atomic E-state index is 0.115. The monoisotopic (exact) mass is 250 g/mol. The molecule has 1 fully saturated rings. The van der Waals surface area contributed by atoms with Crippen molar-refractivity contribution in [1.29, 1.82) is 0 Å². The Balaban J connectivity index is 1.92. The van der Waals surface area contributed by atoms with Gasteiger partial charge >= 0.3 is 0 Å². The number of aromatic nitrogens is 3. The number of nitrogens with zero attached hydrogens (tertiary/aromatic N) is 2. The molecule has 1 aromatic heterocycles. The lowest BCUT2D eigenvalue weighted by molar-refractivity contribution is 0.0938. The van der Waals surface area contributed by atoms with Crippen LogP contribution in [0.3, 0.4) is 0 Å². The van der Waals surface area contributed by atoms with E-state index in [1.807, 2.05) is 20.8 Å². The van der Waals surface area contributed by atoms with Crippen molar-refractivity contribution in [1.82, 2.24) is 20.5 Å². The zero-order valence-electron chi connectivity index (χ0n) is 11.6. The van der Waals surface area contributed by atoms with Gasteiger partial charge in [0.25, 0.3) is 5.91 Å². The third kappa shape index (κ3) is 2.89. The van der Waals surface area contributed by atoms with E-state index in [-0.39, 0.29) is 17.1 Å². The van der Waals surface area contributed by atoms with Crippen LogP contribution in [0.15, 0.2) is 0 Å². The van der Waals surface area contributed by atoms with Crippen molar-refractivity contribution in [3.05, 3.63) is 11.6 Å². The third-order valence-electron chi connectivity index (χ3n) is 3.30. The van der Waals surface area contributed by atoms with Crippen LogP contribution in [-0.2, 0) is 5.41 Å². The van der Waals surface area contributed by atoms with Crippen molar-refractivity contribution in [2.45, 2.75) is 58.4 Å². The molecule has 18 heavy (non-hydrogen) atoms. The predicted octanol–water partition coefficient (Wildman–Crippen LogP) is 2.02. The molecule has 1 saturated carbocycles. The minimum atomic E-state index is -0.162. The molecule has 1 aliphatic rings. The molecule has 5 nitrogen and oxygen atoms in total. The average Bonchev–Trinajstić information content (AvgIpc) is 2.82. The van der Waals surface area contributed by atoms with Crippen molar-refractivity contribution < 1.29 is 4.79 Å². The molecular formula is C13H22N4O. The van der Waals surface area contributed by atoms with Crippen molar-refractivity contribution in [2.75, 3.05) is 0 Å². The molecule has 1 amide bonds. The van der Waals surface area contributed by atoms with Crippen molar-refractivity contribution in [3.63, 3.8) is 0 Å². The maximum Gasteiger partial charge on any atom is 0.291 e. The van der Waals surface area contributed by atoms with Gasteiger partial charge in [-0.25, -0.2) is 4.98 Å². The molecule has 2 N–H and O–H groups in total. The number of carbonyl (C=O) groups is 1. The molecule has 100 valence electrons. The van der Waals surface area contributed by atoms with Gasteiger partial charge in [0.05, 0.1) is 0 Å². The Labute approximate surface area is 108 Å². The number of H-pyrrole nitrogens is 1. The van der Waals surface area contributed by atoms with E-state index in [0.29, 0.717) is 12.0 Å². The number of rotatable bonds is 4. The van der Waals surface area contributed by atoms with Crippen LogP contribution in [-0.4, -0.2) is 27.1 Å². The average molecular weight is 250 g/mol. The second kappa shape index (κ2) is 4.71. The molecule has 0 aromatic carbocycles. The Morgan fingerprint density at radius 3 is 2.78 bits per heavy atom. The first kappa shape index (κ1) is 13.1. The van der Waals surface area contributed by atoms with E-state index < -0.39 is 0 Å². The first-order valence-corrected chi connectivity index (χ1v) is 6.65. The minimum Gasteiger partial charge on any atom is -0.346 e. The van der Waals surface area contributed by atoms with Crippen LogP contribution < -0.4 is 5.32 Å². The van der Waals surface area contributed by atoms with Gasteiger partial charge in [0.15, 0.2) is 0 Å². The summed E-state index contributed by atoms with van der Waals surface area (Å²) in [4.78, 5) is 16.2. The third-order valence-corrected chi connectivity index (χ3v) is 3.30. The molecule has 5 heteroatoms. The van der Waals surface area contributed by atoms with E-state index in [9.17, 15) is 4.79 Å². The summed E-state index contributed by atoms with van der Waals surface area (Å²) in [5.41, 5.74) is -0.115. The number of carbonyl (C=O) groups excluding carboxylic acids is 1. The first-order chi connectivity index (χ1) is 8.41. The Morgan fingerprint density at radius 1 is 1.50 bits per heavy atom. The van der Waals surface area contributed by atoms with Gasteiger partial charge in [0.2, 0.25) is 5.82 Å². The fourth-order valence-electron chi connectivity index (χ4n) is 2.05. The van der Waals surface area contributed by atoms with E-state index in [2.05, 4.69) is 27.4 Å². The van der Waals surface area contributed by atoms with E-state index in [0.717, 1.165) is 12.2 Å². The first-order valence-electron chi connectivity index (χ1n) is 6.65. The summed E-state index contributed by atoms with van der Waals surface area (Å²) < 4.78 is 0. The van der Waals surface area contributed by atoms with Crippen LogP contribution in [0.5, 0.6) is 0 Å².